The number of thiocarbonyl (C=S) groups is 1. The van der Waals surface area contributed by atoms with Gasteiger partial charge in [0.2, 0.25) is 0 Å². The van der Waals surface area contributed by atoms with Crippen molar-refractivity contribution >= 4 is 46.3 Å². The topological polar surface area (TPSA) is 76.1 Å². The Balaban J connectivity index is 1.81. The maximum absolute atomic E-state index is 13.2. The molecule has 1 fully saturated rings. The second-order valence-corrected chi connectivity index (χ2v) is 9.43. The Morgan fingerprint density at radius 3 is 2.53 bits per heavy atom. The number of carbonyl (C=O) groups excluding carboxylic acids is 1. The van der Waals surface area contributed by atoms with Gasteiger partial charge >= 0.3 is 5.97 Å². The van der Waals surface area contributed by atoms with E-state index >= 15 is 0 Å². The molecule has 2 aromatic carbocycles. The molecule has 1 heterocycles. The third-order valence-corrected chi connectivity index (χ3v) is 6.58. The number of hydrogen-bond acceptors (Lipinski definition) is 6. The van der Waals surface area contributed by atoms with Gasteiger partial charge < -0.3 is 14.6 Å². The zero-order valence-electron chi connectivity index (χ0n) is 19.4. The highest BCUT2D eigenvalue weighted by Crippen LogP contribution is 2.39. The van der Waals surface area contributed by atoms with Crippen LogP contribution < -0.4 is 9.47 Å². The van der Waals surface area contributed by atoms with E-state index in [1.807, 2.05) is 25.1 Å². The second-order valence-electron chi connectivity index (χ2n) is 7.75. The molecule has 1 aliphatic rings. The van der Waals surface area contributed by atoms with E-state index in [-0.39, 0.29) is 4.32 Å². The molecule has 8 heteroatoms. The van der Waals surface area contributed by atoms with Gasteiger partial charge in [-0.05, 0) is 42.7 Å². The zero-order chi connectivity index (χ0) is 24.5. The van der Waals surface area contributed by atoms with Gasteiger partial charge in [0.05, 0.1) is 18.1 Å². The van der Waals surface area contributed by atoms with E-state index in [0.29, 0.717) is 35.2 Å². The van der Waals surface area contributed by atoms with Crippen LogP contribution in [0.25, 0.3) is 6.08 Å². The van der Waals surface area contributed by atoms with E-state index in [0.717, 1.165) is 30.2 Å². The number of benzene rings is 2. The minimum absolute atomic E-state index is 0.213. The van der Waals surface area contributed by atoms with E-state index in [2.05, 4.69) is 6.92 Å². The molecule has 3 rings (SSSR count). The van der Waals surface area contributed by atoms with Crippen molar-refractivity contribution in [3.05, 3.63) is 64.6 Å². The first-order valence-corrected chi connectivity index (χ1v) is 12.6. The molecular weight excluding hydrogens is 470 g/mol. The van der Waals surface area contributed by atoms with Crippen molar-refractivity contribution in [2.75, 3.05) is 13.2 Å². The molecule has 6 nitrogen and oxygen atoms in total. The quantitative estimate of drug-likeness (QED) is 0.216. The average molecular weight is 500 g/mol. The molecule has 0 radical (unpaired) electrons. The number of aliphatic carboxylic acids is 1. The first-order valence-electron chi connectivity index (χ1n) is 11.4. The molecule has 0 aliphatic carbocycles. The third kappa shape index (κ3) is 6.39. The Morgan fingerprint density at radius 1 is 1.09 bits per heavy atom. The van der Waals surface area contributed by atoms with Crippen LogP contribution in [0.2, 0.25) is 0 Å². The van der Waals surface area contributed by atoms with Gasteiger partial charge in [0.25, 0.3) is 5.91 Å². The van der Waals surface area contributed by atoms with Crippen molar-refractivity contribution in [3.63, 3.8) is 0 Å². The number of carbonyl (C=O) groups is 2. The number of carboxylic acids is 1. The van der Waals surface area contributed by atoms with Gasteiger partial charge in [0, 0.05) is 0 Å². The fourth-order valence-corrected chi connectivity index (χ4v) is 4.92. The summed E-state index contributed by atoms with van der Waals surface area (Å²) in [5.41, 5.74) is 1.24. The molecule has 0 bridgehead atoms. The molecular formula is C26H29NO5S2. The summed E-state index contributed by atoms with van der Waals surface area (Å²) in [6.45, 7) is 5.17. The normalized spacial score (nSPS) is 15.6. The number of thioether (sulfide) groups is 1. The summed E-state index contributed by atoms with van der Waals surface area (Å²) >= 11 is 6.49. The lowest BCUT2D eigenvalue weighted by Crippen LogP contribution is -2.37. The maximum atomic E-state index is 13.2. The van der Waals surface area contributed by atoms with Gasteiger partial charge in [0.1, 0.15) is 4.32 Å². The smallest absolute Gasteiger partial charge is 0.331 e. The zero-order valence-corrected chi connectivity index (χ0v) is 21.0. The molecule has 2 aromatic rings. The molecule has 1 amide bonds. The number of ether oxygens (including phenoxy) is 2. The summed E-state index contributed by atoms with van der Waals surface area (Å²) in [6.07, 6.45) is 6.17. The molecule has 1 N–H and O–H groups in total. The molecule has 180 valence electrons. The van der Waals surface area contributed by atoms with Crippen molar-refractivity contribution in [3.8, 4) is 11.5 Å². The highest BCUT2D eigenvalue weighted by atomic mass is 32.2. The van der Waals surface area contributed by atoms with Crippen LogP contribution in [0.4, 0.5) is 0 Å². The summed E-state index contributed by atoms with van der Waals surface area (Å²) in [6, 6.07) is 13.0. The summed E-state index contributed by atoms with van der Waals surface area (Å²) in [4.78, 5) is 26.7. The maximum Gasteiger partial charge on any atom is 0.331 e. The number of nitrogens with zero attached hydrogens (tertiary/aromatic N) is 1. The summed E-state index contributed by atoms with van der Waals surface area (Å²) in [5.74, 6) is -0.295. The van der Waals surface area contributed by atoms with E-state index < -0.39 is 17.9 Å². The van der Waals surface area contributed by atoms with Crippen molar-refractivity contribution in [2.24, 2.45) is 0 Å². The van der Waals surface area contributed by atoms with Crippen LogP contribution in [-0.2, 0) is 9.59 Å². The number of carboxylic acid groups (broad SMARTS) is 1. The number of unbranched alkanes of at least 4 members (excludes halogenated alkanes) is 3. The summed E-state index contributed by atoms with van der Waals surface area (Å²) in [7, 11) is 0. The average Bonchev–Trinajstić information content (AvgIpc) is 3.09. The Labute approximate surface area is 209 Å². The summed E-state index contributed by atoms with van der Waals surface area (Å²) < 4.78 is 11.9. The fourth-order valence-electron chi connectivity index (χ4n) is 3.60. The molecule has 1 atom stereocenters. The first kappa shape index (κ1) is 25.8. The predicted octanol–water partition coefficient (Wildman–Crippen LogP) is 6.07. The number of hydrogen-bond donors (Lipinski definition) is 1. The van der Waals surface area contributed by atoms with Gasteiger partial charge in [-0.15, -0.1) is 0 Å². The lowest BCUT2D eigenvalue weighted by molar-refractivity contribution is -0.145. The van der Waals surface area contributed by atoms with Crippen molar-refractivity contribution in [1.29, 1.82) is 0 Å². The van der Waals surface area contributed by atoms with Crippen LogP contribution in [-0.4, -0.2) is 39.4 Å². The number of amides is 1. The standard InChI is InChI=1S/C26H29NO5S2/c1-3-5-6-10-15-32-20-14-13-18(16-21(20)31-4-2)17-22-24(28)27(26(33)34-22)23(25(29)30)19-11-8-7-9-12-19/h7-9,11-14,16-17,23H,3-6,10,15H2,1-2H3,(H,29,30)/b22-17-. The van der Waals surface area contributed by atoms with Crippen LogP contribution >= 0.6 is 24.0 Å². The Morgan fingerprint density at radius 2 is 1.85 bits per heavy atom. The van der Waals surface area contributed by atoms with Gasteiger partial charge in [-0.2, -0.15) is 0 Å². The van der Waals surface area contributed by atoms with Gasteiger partial charge in [0.15, 0.2) is 17.5 Å². The van der Waals surface area contributed by atoms with Crippen LogP contribution in [0.3, 0.4) is 0 Å². The largest absolute Gasteiger partial charge is 0.490 e. The minimum Gasteiger partial charge on any atom is -0.490 e. The predicted molar refractivity (Wildman–Crippen MR) is 139 cm³/mol. The highest BCUT2D eigenvalue weighted by Gasteiger charge is 2.41. The Kier molecular flexibility index (Phi) is 9.53. The van der Waals surface area contributed by atoms with Gasteiger partial charge in [-0.25, -0.2) is 4.79 Å². The molecule has 0 spiro atoms. The monoisotopic (exact) mass is 499 g/mol. The number of rotatable bonds is 12. The van der Waals surface area contributed by atoms with Gasteiger partial charge in [-0.1, -0.05) is 86.6 Å². The molecule has 1 aliphatic heterocycles. The Bertz CT molecular complexity index is 1050. The van der Waals surface area contributed by atoms with E-state index in [1.165, 1.54) is 17.7 Å². The lowest BCUT2D eigenvalue weighted by atomic mass is 10.1. The highest BCUT2D eigenvalue weighted by molar-refractivity contribution is 8.26. The van der Waals surface area contributed by atoms with Crippen molar-refractivity contribution < 1.29 is 24.2 Å². The molecule has 1 saturated heterocycles. The van der Waals surface area contributed by atoms with Crippen LogP contribution in [0.15, 0.2) is 53.4 Å². The van der Waals surface area contributed by atoms with E-state index in [4.69, 9.17) is 21.7 Å². The fraction of sp³-hybridized carbons (Fsp3) is 0.346. The Hall–Kier alpha value is -2.84. The third-order valence-electron chi connectivity index (χ3n) is 5.25. The van der Waals surface area contributed by atoms with E-state index in [1.54, 1.807) is 36.4 Å². The lowest BCUT2D eigenvalue weighted by Gasteiger charge is -2.23. The van der Waals surface area contributed by atoms with Crippen molar-refractivity contribution in [2.45, 2.75) is 45.6 Å². The molecule has 0 aromatic heterocycles. The first-order chi connectivity index (χ1) is 16.5. The van der Waals surface area contributed by atoms with Crippen LogP contribution in [0.1, 0.15) is 56.7 Å². The van der Waals surface area contributed by atoms with Crippen molar-refractivity contribution in [1.82, 2.24) is 4.90 Å². The SMILES string of the molecule is CCCCCCOc1ccc(/C=C2\SC(=S)N(C(C(=O)O)c3ccccc3)C2=O)cc1OCC. The van der Waals surface area contributed by atoms with Gasteiger partial charge in [-0.3, -0.25) is 9.69 Å². The van der Waals surface area contributed by atoms with Crippen LogP contribution in [0, 0.1) is 0 Å². The minimum atomic E-state index is -1.18. The molecule has 1 unspecified atom stereocenters. The second kappa shape index (κ2) is 12.6. The van der Waals surface area contributed by atoms with E-state index in [9.17, 15) is 14.7 Å². The molecule has 0 saturated carbocycles. The summed E-state index contributed by atoms with van der Waals surface area (Å²) in [5, 5.41) is 9.83. The van der Waals surface area contributed by atoms with Crippen LogP contribution in [0.5, 0.6) is 11.5 Å². The molecule has 34 heavy (non-hydrogen) atoms.